The summed E-state index contributed by atoms with van der Waals surface area (Å²) < 4.78 is 5.58. The Morgan fingerprint density at radius 1 is 1.22 bits per heavy atom. The molecular weight excluding hydrogens is 298 g/mol. The van der Waals surface area contributed by atoms with Gasteiger partial charge in [-0.15, -0.1) is 0 Å². The fourth-order valence-electron chi connectivity index (χ4n) is 1.98. The van der Waals surface area contributed by atoms with Crippen LogP contribution in [0.15, 0.2) is 47.3 Å². The molecule has 1 aromatic heterocycles. The molecule has 2 rings (SSSR count). The molecule has 0 aliphatic carbocycles. The van der Waals surface area contributed by atoms with Crippen LogP contribution in [0.1, 0.15) is 6.92 Å². The van der Waals surface area contributed by atoms with Crippen molar-refractivity contribution < 1.29 is 14.3 Å². The average Bonchev–Trinajstić information content (AvgIpc) is 2.56. The number of rotatable bonds is 5. The fourth-order valence-corrected chi connectivity index (χ4v) is 1.98. The third-order valence-electron chi connectivity index (χ3n) is 3.16. The predicted octanol–water partition coefficient (Wildman–Crippen LogP) is 0.588. The Balaban J connectivity index is 2.15. The summed E-state index contributed by atoms with van der Waals surface area (Å²) in [7, 11) is 1.24. The third kappa shape index (κ3) is 4.26. The minimum Gasteiger partial charge on any atom is -0.467 e. The SMILES string of the molecule is COC(=O)C(C)NC(=O)Cn1nc(-c2ccccc2)ccc1=O. The summed E-state index contributed by atoms with van der Waals surface area (Å²) in [6.07, 6.45) is 0. The second-order valence-corrected chi connectivity index (χ2v) is 4.89. The number of methoxy groups -OCH3 is 1. The predicted molar refractivity (Wildman–Crippen MR) is 83.6 cm³/mol. The monoisotopic (exact) mass is 315 g/mol. The molecule has 1 amide bonds. The maximum atomic E-state index is 11.9. The van der Waals surface area contributed by atoms with E-state index in [1.165, 1.54) is 20.1 Å². The van der Waals surface area contributed by atoms with E-state index in [1.807, 2.05) is 30.3 Å². The average molecular weight is 315 g/mol. The Kier molecular flexibility index (Phi) is 5.24. The van der Waals surface area contributed by atoms with Crippen molar-refractivity contribution in [3.8, 4) is 11.3 Å². The van der Waals surface area contributed by atoms with Crippen LogP contribution in [0.3, 0.4) is 0 Å². The minimum absolute atomic E-state index is 0.277. The van der Waals surface area contributed by atoms with Crippen molar-refractivity contribution in [2.75, 3.05) is 7.11 Å². The van der Waals surface area contributed by atoms with Crippen molar-refractivity contribution >= 4 is 11.9 Å². The van der Waals surface area contributed by atoms with Gasteiger partial charge >= 0.3 is 5.97 Å². The van der Waals surface area contributed by atoms with Crippen LogP contribution in [-0.4, -0.2) is 34.8 Å². The van der Waals surface area contributed by atoms with Crippen molar-refractivity contribution in [1.29, 1.82) is 0 Å². The number of nitrogens with one attached hydrogen (secondary N) is 1. The van der Waals surface area contributed by atoms with Gasteiger partial charge in [-0.3, -0.25) is 9.59 Å². The van der Waals surface area contributed by atoms with E-state index in [9.17, 15) is 14.4 Å². The summed E-state index contributed by atoms with van der Waals surface area (Å²) in [6.45, 7) is 1.22. The van der Waals surface area contributed by atoms with E-state index in [0.29, 0.717) is 5.69 Å². The molecule has 23 heavy (non-hydrogen) atoms. The second kappa shape index (κ2) is 7.35. The Bertz CT molecular complexity index is 755. The van der Waals surface area contributed by atoms with E-state index in [2.05, 4.69) is 15.2 Å². The standard InChI is InChI=1S/C16H17N3O4/c1-11(16(22)23-2)17-14(20)10-19-15(21)9-8-13(18-19)12-6-4-3-5-7-12/h3-9,11H,10H2,1-2H3,(H,17,20). The van der Waals surface area contributed by atoms with Gasteiger partial charge in [0, 0.05) is 11.6 Å². The van der Waals surface area contributed by atoms with Crippen molar-refractivity contribution in [2.24, 2.45) is 0 Å². The molecule has 1 heterocycles. The molecule has 0 saturated carbocycles. The zero-order valence-electron chi connectivity index (χ0n) is 12.9. The minimum atomic E-state index is -0.791. The van der Waals surface area contributed by atoms with Gasteiger partial charge in [-0.05, 0) is 13.0 Å². The van der Waals surface area contributed by atoms with Crippen LogP contribution < -0.4 is 10.9 Å². The molecular formula is C16H17N3O4. The highest BCUT2D eigenvalue weighted by Gasteiger charge is 2.16. The molecule has 120 valence electrons. The topological polar surface area (TPSA) is 90.3 Å². The summed E-state index contributed by atoms with van der Waals surface area (Å²) >= 11 is 0. The number of nitrogens with zero attached hydrogens (tertiary/aromatic N) is 2. The van der Waals surface area contributed by atoms with Crippen LogP contribution in [0.25, 0.3) is 11.3 Å². The lowest BCUT2D eigenvalue weighted by molar-refractivity contribution is -0.144. The van der Waals surface area contributed by atoms with Crippen LogP contribution >= 0.6 is 0 Å². The van der Waals surface area contributed by atoms with E-state index in [0.717, 1.165) is 10.2 Å². The molecule has 2 aromatic rings. The first-order valence-corrected chi connectivity index (χ1v) is 7.02. The molecule has 1 unspecified atom stereocenters. The Morgan fingerprint density at radius 2 is 1.91 bits per heavy atom. The molecule has 0 aliphatic heterocycles. The smallest absolute Gasteiger partial charge is 0.328 e. The van der Waals surface area contributed by atoms with Crippen LogP contribution in [0.4, 0.5) is 0 Å². The van der Waals surface area contributed by atoms with E-state index < -0.39 is 23.5 Å². The molecule has 1 aromatic carbocycles. The summed E-state index contributed by atoms with van der Waals surface area (Å²) in [5.74, 6) is -1.06. The van der Waals surface area contributed by atoms with Crippen LogP contribution in [0.5, 0.6) is 0 Å². The zero-order valence-corrected chi connectivity index (χ0v) is 12.9. The number of carbonyl (C=O) groups excluding carboxylic acids is 2. The van der Waals surface area contributed by atoms with Crippen molar-refractivity contribution in [3.63, 3.8) is 0 Å². The number of ether oxygens (including phenoxy) is 1. The summed E-state index contributed by atoms with van der Waals surface area (Å²) in [4.78, 5) is 35.1. The Labute approximate surface area is 132 Å². The van der Waals surface area contributed by atoms with Gasteiger partial charge in [0.25, 0.3) is 5.56 Å². The molecule has 0 fully saturated rings. The van der Waals surface area contributed by atoms with Gasteiger partial charge in [0.2, 0.25) is 5.91 Å². The van der Waals surface area contributed by atoms with Gasteiger partial charge in [0.1, 0.15) is 12.6 Å². The van der Waals surface area contributed by atoms with Gasteiger partial charge in [-0.25, -0.2) is 9.48 Å². The van der Waals surface area contributed by atoms with Crippen LogP contribution in [-0.2, 0) is 20.9 Å². The first-order chi connectivity index (χ1) is 11.0. The van der Waals surface area contributed by atoms with Crippen molar-refractivity contribution in [1.82, 2.24) is 15.1 Å². The van der Waals surface area contributed by atoms with Gasteiger partial charge in [-0.1, -0.05) is 30.3 Å². The van der Waals surface area contributed by atoms with Gasteiger partial charge in [-0.2, -0.15) is 5.10 Å². The Morgan fingerprint density at radius 3 is 2.57 bits per heavy atom. The summed E-state index contributed by atoms with van der Waals surface area (Å²) in [5, 5.41) is 6.63. The molecule has 1 atom stereocenters. The van der Waals surface area contributed by atoms with E-state index in [1.54, 1.807) is 6.07 Å². The van der Waals surface area contributed by atoms with Gasteiger partial charge in [0.15, 0.2) is 0 Å². The van der Waals surface area contributed by atoms with E-state index in [4.69, 9.17) is 0 Å². The van der Waals surface area contributed by atoms with Crippen LogP contribution in [0.2, 0.25) is 0 Å². The number of aromatic nitrogens is 2. The number of hydrogen-bond donors (Lipinski definition) is 1. The zero-order chi connectivity index (χ0) is 16.8. The van der Waals surface area contributed by atoms with Crippen molar-refractivity contribution in [3.05, 3.63) is 52.8 Å². The third-order valence-corrected chi connectivity index (χ3v) is 3.16. The lowest BCUT2D eigenvalue weighted by atomic mass is 10.1. The molecule has 1 N–H and O–H groups in total. The maximum absolute atomic E-state index is 11.9. The first-order valence-electron chi connectivity index (χ1n) is 7.02. The number of carbonyl (C=O) groups is 2. The van der Waals surface area contributed by atoms with Crippen molar-refractivity contribution in [2.45, 2.75) is 19.5 Å². The second-order valence-electron chi connectivity index (χ2n) is 4.89. The van der Waals surface area contributed by atoms with E-state index >= 15 is 0 Å². The highest BCUT2D eigenvalue weighted by atomic mass is 16.5. The first kappa shape index (κ1) is 16.4. The molecule has 0 radical (unpaired) electrons. The summed E-state index contributed by atoms with van der Waals surface area (Å²) in [6, 6.07) is 11.5. The highest BCUT2D eigenvalue weighted by molar-refractivity contribution is 5.83. The number of esters is 1. The normalized spacial score (nSPS) is 11.6. The maximum Gasteiger partial charge on any atom is 0.328 e. The fraction of sp³-hybridized carbons (Fsp3) is 0.250. The van der Waals surface area contributed by atoms with Gasteiger partial charge < -0.3 is 10.1 Å². The molecule has 0 saturated heterocycles. The summed E-state index contributed by atoms with van der Waals surface area (Å²) in [5.41, 5.74) is 1.02. The molecule has 7 heteroatoms. The number of benzene rings is 1. The molecule has 0 spiro atoms. The number of amides is 1. The quantitative estimate of drug-likeness (QED) is 0.816. The molecule has 7 nitrogen and oxygen atoms in total. The lowest BCUT2D eigenvalue weighted by Gasteiger charge is -2.12. The lowest BCUT2D eigenvalue weighted by Crippen LogP contribution is -2.42. The Hall–Kier alpha value is -2.96. The van der Waals surface area contributed by atoms with E-state index in [-0.39, 0.29) is 6.54 Å². The molecule has 0 aliphatic rings. The molecule has 0 bridgehead atoms. The largest absolute Gasteiger partial charge is 0.467 e. The van der Waals surface area contributed by atoms with Crippen LogP contribution in [0, 0.1) is 0 Å². The van der Waals surface area contributed by atoms with Gasteiger partial charge in [0.05, 0.1) is 12.8 Å². The number of hydrogen-bond acceptors (Lipinski definition) is 5. The highest BCUT2D eigenvalue weighted by Crippen LogP contribution is 2.13.